The molecule has 0 spiro atoms. The summed E-state index contributed by atoms with van der Waals surface area (Å²) in [5.41, 5.74) is 3.81. The van der Waals surface area contributed by atoms with Crippen LogP contribution in [0.15, 0.2) is 30.5 Å². The molecule has 2 aromatic rings. The normalized spacial score (nSPS) is 10.4. The lowest BCUT2D eigenvalue weighted by Gasteiger charge is -2.04. The molecule has 0 aliphatic carbocycles. The molecule has 0 aliphatic rings. The van der Waals surface area contributed by atoms with Crippen molar-refractivity contribution in [2.45, 2.75) is 20.3 Å². The summed E-state index contributed by atoms with van der Waals surface area (Å²) in [5, 5.41) is 0.494. The van der Waals surface area contributed by atoms with Gasteiger partial charge in [0.15, 0.2) is 0 Å². The number of nitrogens with zero attached hydrogens (tertiary/aromatic N) is 2. The number of halogens is 1. The molecule has 0 unspecified atom stereocenters. The largest absolute Gasteiger partial charge is 0.241 e. The van der Waals surface area contributed by atoms with Crippen molar-refractivity contribution in [3.8, 4) is 0 Å². The van der Waals surface area contributed by atoms with Crippen molar-refractivity contribution in [2.24, 2.45) is 0 Å². The fourth-order valence-electron chi connectivity index (χ4n) is 1.56. The maximum Gasteiger partial charge on any atom is 0.134 e. The summed E-state index contributed by atoms with van der Waals surface area (Å²) in [6, 6.07) is 8.08. The van der Waals surface area contributed by atoms with Crippen molar-refractivity contribution in [3.63, 3.8) is 0 Å². The lowest BCUT2D eigenvalue weighted by molar-refractivity contribution is 0.966. The van der Waals surface area contributed by atoms with Crippen LogP contribution in [0.5, 0.6) is 0 Å². The second-order valence-corrected chi connectivity index (χ2v) is 4.28. The highest BCUT2D eigenvalue weighted by atomic mass is 35.5. The summed E-state index contributed by atoms with van der Waals surface area (Å²) < 4.78 is 0. The molecule has 0 amide bonds. The van der Waals surface area contributed by atoms with E-state index in [-0.39, 0.29) is 0 Å². The number of aryl methyl sites for hydroxylation is 2. The second kappa shape index (κ2) is 4.62. The second-order valence-electron chi connectivity index (χ2n) is 3.89. The maximum absolute atomic E-state index is 5.82. The Morgan fingerprint density at radius 2 is 1.94 bits per heavy atom. The van der Waals surface area contributed by atoms with Crippen LogP contribution in [0, 0.1) is 13.8 Å². The molecule has 0 radical (unpaired) electrons. The van der Waals surface area contributed by atoms with E-state index in [1.165, 1.54) is 16.7 Å². The van der Waals surface area contributed by atoms with Gasteiger partial charge in [0.1, 0.15) is 11.0 Å². The van der Waals surface area contributed by atoms with Gasteiger partial charge >= 0.3 is 0 Å². The lowest BCUT2D eigenvalue weighted by Crippen LogP contribution is -1.96. The summed E-state index contributed by atoms with van der Waals surface area (Å²) in [4.78, 5) is 8.37. The van der Waals surface area contributed by atoms with E-state index < -0.39 is 0 Å². The van der Waals surface area contributed by atoms with Crippen LogP contribution in [0.1, 0.15) is 22.5 Å². The van der Waals surface area contributed by atoms with E-state index in [4.69, 9.17) is 11.6 Å². The van der Waals surface area contributed by atoms with Gasteiger partial charge in [0.25, 0.3) is 0 Å². The molecular weight excluding hydrogens is 220 g/mol. The lowest BCUT2D eigenvalue weighted by atomic mass is 10.0. The van der Waals surface area contributed by atoms with Crippen LogP contribution in [0.2, 0.25) is 5.15 Å². The smallest absolute Gasteiger partial charge is 0.134 e. The number of aromatic nitrogens is 2. The van der Waals surface area contributed by atoms with Gasteiger partial charge in [-0.05, 0) is 36.6 Å². The first-order chi connectivity index (χ1) is 7.65. The van der Waals surface area contributed by atoms with Crippen molar-refractivity contribution in [1.82, 2.24) is 9.97 Å². The molecule has 0 fully saturated rings. The molecule has 0 N–H and O–H groups in total. The molecule has 1 aromatic heterocycles. The van der Waals surface area contributed by atoms with Crippen LogP contribution in [0.4, 0.5) is 0 Å². The van der Waals surface area contributed by atoms with E-state index in [0.29, 0.717) is 5.15 Å². The zero-order chi connectivity index (χ0) is 11.5. The van der Waals surface area contributed by atoms with E-state index in [0.717, 1.165) is 12.2 Å². The van der Waals surface area contributed by atoms with Crippen molar-refractivity contribution < 1.29 is 0 Å². The van der Waals surface area contributed by atoms with E-state index in [2.05, 4.69) is 42.0 Å². The van der Waals surface area contributed by atoms with Gasteiger partial charge in [-0.15, -0.1) is 0 Å². The van der Waals surface area contributed by atoms with Crippen LogP contribution in [-0.2, 0) is 6.42 Å². The van der Waals surface area contributed by atoms with Gasteiger partial charge in [0.05, 0.1) is 0 Å². The summed E-state index contributed by atoms with van der Waals surface area (Å²) in [6.45, 7) is 4.21. The van der Waals surface area contributed by atoms with Gasteiger partial charge in [-0.1, -0.05) is 29.8 Å². The summed E-state index contributed by atoms with van der Waals surface area (Å²) in [5.74, 6) is 0.760. The number of hydrogen-bond donors (Lipinski definition) is 0. The van der Waals surface area contributed by atoms with E-state index in [9.17, 15) is 0 Å². The molecule has 82 valence electrons. The molecule has 1 heterocycles. The van der Waals surface area contributed by atoms with Crippen molar-refractivity contribution >= 4 is 11.6 Å². The van der Waals surface area contributed by atoms with Gasteiger partial charge in [-0.2, -0.15) is 0 Å². The van der Waals surface area contributed by atoms with Crippen LogP contribution < -0.4 is 0 Å². The quantitative estimate of drug-likeness (QED) is 0.743. The zero-order valence-corrected chi connectivity index (χ0v) is 10.1. The first-order valence-electron chi connectivity index (χ1n) is 5.19. The average Bonchev–Trinajstić information content (AvgIpc) is 2.24. The van der Waals surface area contributed by atoms with Gasteiger partial charge in [0, 0.05) is 12.6 Å². The minimum atomic E-state index is 0.494. The van der Waals surface area contributed by atoms with Gasteiger partial charge < -0.3 is 0 Å². The maximum atomic E-state index is 5.82. The Hall–Kier alpha value is -1.41. The Morgan fingerprint density at radius 1 is 1.12 bits per heavy atom. The third-order valence-corrected chi connectivity index (χ3v) is 2.82. The highest BCUT2D eigenvalue weighted by Crippen LogP contribution is 2.13. The third-order valence-electron chi connectivity index (χ3n) is 2.61. The van der Waals surface area contributed by atoms with Gasteiger partial charge in [-0.3, -0.25) is 0 Å². The molecule has 2 rings (SSSR count). The summed E-state index contributed by atoms with van der Waals surface area (Å²) in [7, 11) is 0. The molecule has 0 bridgehead atoms. The molecule has 0 saturated carbocycles. The molecule has 0 saturated heterocycles. The SMILES string of the molecule is Cc1ccc(Cc2nccc(Cl)n2)cc1C. The van der Waals surface area contributed by atoms with E-state index in [1.807, 2.05) is 0 Å². The van der Waals surface area contributed by atoms with E-state index in [1.54, 1.807) is 12.3 Å². The van der Waals surface area contributed by atoms with Gasteiger partial charge in [0.2, 0.25) is 0 Å². The Morgan fingerprint density at radius 3 is 2.62 bits per heavy atom. The zero-order valence-electron chi connectivity index (χ0n) is 9.37. The van der Waals surface area contributed by atoms with Crippen LogP contribution in [0.3, 0.4) is 0 Å². The molecular formula is C13H13ClN2. The molecule has 0 atom stereocenters. The van der Waals surface area contributed by atoms with Crippen molar-refractivity contribution in [3.05, 3.63) is 58.1 Å². The monoisotopic (exact) mass is 232 g/mol. The fourth-order valence-corrected chi connectivity index (χ4v) is 1.71. The molecule has 0 aliphatic heterocycles. The first-order valence-corrected chi connectivity index (χ1v) is 5.56. The van der Waals surface area contributed by atoms with Crippen molar-refractivity contribution in [1.29, 1.82) is 0 Å². The van der Waals surface area contributed by atoms with Crippen LogP contribution in [0.25, 0.3) is 0 Å². The molecule has 2 nitrogen and oxygen atoms in total. The minimum Gasteiger partial charge on any atom is -0.241 e. The van der Waals surface area contributed by atoms with E-state index >= 15 is 0 Å². The predicted molar refractivity (Wildman–Crippen MR) is 65.8 cm³/mol. The van der Waals surface area contributed by atoms with Crippen LogP contribution >= 0.6 is 11.6 Å². The fraction of sp³-hybridized carbons (Fsp3) is 0.231. The molecule has 1 aromatic carbocycles. The summed E-state index contributed by atoms with van der Waals surface area (Å²) in [6.07, 6.45) is 2.41. The number of hydrogen-bond acceptors (Lipinski definition) is 2. The Balaban J connectivity index is 2.24. The highest BCUT2D eigenvalue weighted by molar-refractivity contribution is 6.29. The highest BCUT2D eigenvalue weighted by Gasteiger charge is 2.01. The predicted octanol–water partition coefficient (Wildman–Crippen LogP) is 3.34. The molecule has 16 heavy (non-hydrogen) atoms. The van der Waals surface area contributed by atoms with Crippen LogP contribution in [-0.4, -0.2) is 9.97 Å². The van der Waals surface area contributed by atoms with Crippen molar-refractivity contribution in [2.75, 3.05) is 0 Å². The first kappa shape index (κ1) is 11.1. The number of benzene rings is 1. The van der Waals surface area contributed by atoms with Gasteiger partial charge in [-0.25, -0.2) is 9.97 Å². The summed E-state index contributed by atoms with van der Waals surface area (Å²) >= 11 is 5.82. The Bertz CT molecular complexity index is 509. The third kappa shape index (κ3) is 2.58. The Labute approximate surface area is 100 Å². The minimum absolute atomic E-state index is 0.494. The standard InChI is InChI=1S/C13H13ClN2/c1-9-3-4-11(7-10(9)2)8-13-15-6-5-12(14)16-13/h3-7H,8H2,1-2H3. The molecule has 3 heteroatoms. The average molecular weight is 233 g/mol. The number of rotatable bonds is 2. The Kier molecular flexibility index (Phi) is 3.20. The topological polar surface area (TPSA) is 25.8 Å².